The molecule has 0 atom stereocenters. The number of benzene rings is 2. The number of hydrogen-bond donors (Lipinski definition) is 1. The Balaban J connectivity index is 2.25. The van der Waals surface area contributed by atoms with Gasteiger partial charge in [-0.2, -0.15) is 10.5 Å². The van der Waals surface area contributed by atoms with E-state index < -0.39 is 5.91 Å². The maximum Gasteiger partial charge on any atom is 0.266 e. The lowest BCUT2D eigenvalue weighted by Gasteiger charge is -2.10. The summed E-state index contributed by atoms with van der Waals surface area (Å²) in [5, 5.41) is 21.2. The molecule has 7 heteroatoms. The predicted octanol–water partition coefficient (Wildman–Crippen LogP) is 4.11. The molecule has 27 heavy (non-hydrogen) atoms. The lowest BCUT2D eigenvalue weighted by Crippen LogP contribution is -2.14. The van der Waals surface area contributed by atoms with Crippen molar-refractivity contribution in [1.29, 1.82) is 10.5 Å². The molecule has 2 aromatic rings. The molecule has 1 N–H and O–H groups in total. The number of nitriles is 2. The first-order valence-electron chi connectivity index (χ1n) is 7.85. The lowest BCUT2D eigenvalue weighted by atomic mass is 10.1. The largest absolute Gasteiger partial charge is 0.493 e. The fraction of sp³-hybridized carbons (Fsp3) is 0.150. The van der Waals surface area contributed by atoms with Gasteiger partial charge in [-0.25, -0.2) is 0 Å². The highest BCUT2D eigenvalue weighted by Gasteiger charge is 2.12. The molecule has 0 aromatic heterocycles. The van der Waals surface area contributed by atoms with Crippen LogP contribution in [0.2, 0.25) is 5.02 Å². The predicted molar refractivity (Wildman–Crippen MR) is 103 cm³/mol. The number of rotatable bonds is 6. The lowest BCUT2D eigenvalue weighted by molar-refractivity contribution is -0.112. The monoisotopic (exact) mass is 381 g/mol. The molecule has 136 valence electrons. The fourth-order valence-corrected chi connectivity index (χ4v) is 2.50. The molecule has 2 rings (SSSR count). The van der Waals surface area contributed by atoms with Crippen LogP contribution in [0.25, 0.3) is 6.08 Å². The van der Waals surface area contributed by atoms with Crippen LogP contribution in [0.3, 0.4) is 0 Å². The minimum Gasteiger partial charge on any atom is -0.493 e. The van der Waals surface area contributed by atoms with E-state index in [0.717, 1.165) is 5.56 Å². The van der Waals surface area contributed by atoms with Crippen molar-refractivity contribution in [2.24, 2.45) is 0 Å². The van der Waals surface area contributed by atoms with E-state index in [1.54, 1.807) is 36.4 Å². The second kappa shape index (κ2) is 9.28. The summed E-state index contributed by atoms with van der Waals surface area (Å²) in [6.07, 6.45) is 1.44. The highest BCUT2D eigenvalue weighted by molar-refractivity contribution is 6.30. The quantitative estimate of drug-likeness (QED) is 0.600. The average molecular weight is 382 g/mol. The molecule has 0 unspecified atom stereocenters. The third-order valence-electron chi connectivity index (χ3n) is 3.59. The van der Waals surface area contributed by atoms with Crippen LogP contribution in [-0.2, 0) is 4.79 Å². The number of nitrogens with zero attached hydrogens (tertiary/aromatic N) is 2. The number of methoxy groups -OCH3 is 1. The van der Waals surface area contributed by atoms with Crippen molar-refractivity contribution in [3.63, 3.8) is 0 Å². The van der Waals surface area contributed by atoms with E-state index >= 15 is 0 Å². The molecule has 1 amide bonds. The van der Waals surface area contributed by atoms with Gasteiger partial charge >= 0.3 is 0 Å². The maximum atomic E-state index is 12.4. The summed E-state index contributed by atoms with van der Waals surface area (Å²) in [5.41, 5.74) is 1.87. The Labute approximate surface area is 162 Å². The molecule has 0 radical (unpaired) electrons. The van der Waals surface area contributed by atoms with Crippen LogP contribution >= 0.6 is 11.6 Å². The van der Waals surface area contributed by atoms with E-state index in [4.69, 9.17) is 26.3 Å². The molecule has 0 aliphatic heterocycles. The van der Waals surface area contributed by atoms with Gasteiger partial charge in [-0.15, -0.1) is 0 Å². The molecule has 0 spiro atoms. The first-order valence-corrected chi connectivity index (χ1v) is 8.23. The Morgan fingerprint density at radius 1 is 1.22 bits per heavy atom. The van der Waals surface area contributed by atoms with Crippen molar-refractivity contribution in [2.45, 2.75) is 6.92 Å². The minimum atomic E-state index is -0.535. The van der Waals surface area contributed by atoms with Gasteiger partial charge in [0.25, 0.3) is 5.91 Å². The Morgan fingerprint density at radius 3 is 2.63 bits per heavy atom. The van der Waals surface area contributed by atoms with Crippen LogP contribution in [0.5, 0.6) is 11.5 Å². The molecule has 6 nitrogen and oxygen atoms in total. The van der Waals surface area contributed by atoms with Gasteiger partial charge in [-0.05, 0) is 54.5 Å². The Hall–Kier alpha value is -3.48. The molecule has 0 fully saturated rings. The van der Waals surface area contributed by atoms with Gasteiger partial charge < -0.3 is 14.8 Å². The molecular formula is C20H16ClN3O3. The van der Waals surface area contributed by atoms with Gasteiger partial charge in [-0.3, -0.25) is 4.79 Å². The molecule has 0 saturated heterocycles. The van der Waals surface area contributed by atoms with Gasteiger partial charge in [0, 0.05) is 10.7 Å². The van der Waals surface area contributed by atoms with Gasteiger partial charge in [0.05, 0.1) is 7.11 Å². The number of ether oxygens (including phenoxy) is 2. The van der Waals surface area contributed by atoms with Gasteiger partial charge in [0.15, 0.2) is 18.1 Å². The van der Waals surface area contributed by atoms with Crippen LogP contribution < -0.4 is 14.8 Å². The van der Waals surface area contributed by atoms with E-state index in [0.29, 0.717) is 27.8 Å². The van der Waals surface area contributed by atoms with Crippen molar-refractivity contribution < 1.29 is 14.3 Å². The Morgan fingerprint density at radius 2 is 2.00 bits per heavy atom. The summed E-state index contributed by atoms with van der Waals surface area (Å²) in [7, 11) is 1.46. The van der Waals surface area contributed by atoms with Crippen LogP contribution in [0.4, 0.5) is 5.69 Å². The molecule has 0 aliphatic rings. The summed E-state index contributed by atoms with van der Waals surface area (Å²) in [6, 6.07) is 13.7. The third kappa shape index (κ3) is 5.24. The average Bonchev–Trinajstić information content (AvgIpc) is 2.66. The maximum absolute atomic E-state index is 12.4. The zero-order valence-corrected chi connectivity index (χ0v) is 15.5. The van der Waals surface area contributed by atoms with E-state index in [1.807, 2.05) is 19.1 Å². The van der Waals surface area contributed by atoms with Crippen LogP contribution in [0, 0.1) is 29.6 Å². The second-order valence-electron chi connectivity index (χ2n) is 5.44. The smallest absolute Gasteiger partial charge is 0.266 e. The Kier molecular flexibility index (Phi) is 6.82. The number of carbonyl (C=O) groups excluding carboxylic acids is 1. The van der Waals surface area contributed by atoms with E-state index in [1.165, 1.54) is 13.2 Å². The van der Waals surface area contributed by atoms with Gasteiger partial charge in [0.2, 0.25) is 0 Å². The number of halogens is 1. The molecule has 0 saturated carbocycles. The number of carbonyl (C=O) groups is 1. The van der Waals surface area contributed by atoms with Gasteiger partial charge in [-0.1, -0.05) is 17.7 Å². The SMILES string of the molecule is COc1cc(/C=C(\C#N)C(=O)Nc2ccc(Cl)cc2C)ccc1OCC#N. The number of hydrogen-bond acceptors (Lipinski definition) is 5. The zero-order chi connectivity index (χ0) is 19.8. The first-order chi connectivity index (χ1) is 13.0. The second-order valence-corrected chi connectivity index (χ2v) is 5.88. The van der Waals surface area contributed by atoms with Crippen LogP contribution in [0.1, 0.15) is 11.1 Å². The minimum absolute atomic E-state index is 0.0721. The highest BCUT2D eigenvalue weighted by atomic mass is 35.5. The van der Waals surface area contributed by atoms with Crippen molar-refractivity contribution in [2.75, 3.05) is 19.0 Å². The van der Waals surface area contributed by atoms with Crippen molar-refractivity contribution >= 4 is 29.3 Å². The number of amides is 1. The van der Waals surface area contributed by atoms with Gasteiger partial charge in [0.1, 0.15) is 17.7 Å². The first kappa shape index (κ1) is 19.8. The van der Waals surface area contributed by atoms with Crippen molar-refractivity contribution in [3.05, 3.63) is 58.1 Å². The van der Waals surface area contributed by atoms with Crippen molar-refractivity contribution in [1.82, 2.24) is 0 Å². The third-order valence-corrected chi connectivity index (χ3v) is 3.83. The summed E-state index contributed by atoms with van der Waals surface area (Å²) in [6.45, 7) is 1.69. The number of aryl methyl sites for hydroxylation is 1. The summed E-state index contributed by atoms with van der Waals surface area (Å²) in [4.78, 5) is 12.4. The summed E-state index contributed by atoms with van der Waals surface area (Å²) >= 11 is 5.91. The summed E-state index contributed by atoms with van der Waals surface area (Å²) in [5.74, 6) is 0.257. The molecule has 0 heterocycles. The van der Waals surface area contributed by atoms with E-state index in [9.17, 15) is 10.1 Å². The van der Waals surface area contributed by atoms with E-state index in [2.05, 4.69) is 5.32 Å². The summed E-state index contributed by atoms with van der Waals surface area (Å²) < 4.78 is 10.5. The fourth-order valence-electron chi connectivity index (χ4n) is 2.28. The molecule has 0 aliphatic carbocycles. The van der Waals surface area contributed by atoms with E-state index in [-0.39, 0.29) is 12.2 Å². The van der Waals surface area contributed by atoms with Crippen LogP contribution in [0.15, 0.2) is 42.0 Å². The molecule has 0 bridgehead atoms. The number of nitrogens with one attached hydrogen (secondary N) is 1. The highest BCUT2D eigenvalue weighted by Crippen LogP contribution is 2.29. The Bertz CT molecular complexity index is 971. The zero-order valence-electron chi connectivity index (χ0n) is 14.7. The normalized spacial score (nSPS) is 10.5. The topological polar surface area (TPSA) is 95.1 Å². The van der Waals surface area contributed by atoms with Crippen LogP contribution in [-0.4, -0.2) is 19.6 Å². The standard InChI is InChI=1S/C20H16ClN3O3/c1-13-9-16(21)4-5-17(13)24-20(25)15(12-23)10-14-3-6-18(27-8-7-22)19(11-14)26-2/h3-6,9-11H,8H2,1-2H3,(H,24,25)/b15-10+. The van der Waals surface area contributed by atoms with Crippen molar-refractivity contribution in [3.8, 4) is 23.6 Å². The molecule has 2 aromatic carbocycles. The molecular weight excluding hydrogens is 366 g/mol. The number of anilines is 1.